The van der Waals surface area contributed by atoms with E-state index in [4.69, 9.17) is 5.73 Å². The molecule has 4 rings (SSSR count). The Morgan fingerprint density at radius 1 is 0.632 bits per heavy atom. The maximum Gasteiger partial charge on any atom is 0.241 e. The summed E-state index contributed by atoms with van der Waals surface area (Å²) in [5.41, 5.74) is 16.3. The van der Waals surface area contributed by atoms with Crippen LogP contribution >= 0.6 is 0 Å². The van der Waals surface area contributed by atoms with Crippen LogP contribution in [0.15, 0.2) is 95.9 Å². The molecule has 0 saturated heterocycles. The van der Waals surface area contributed by atoms with E-state index < -0.39 is 22.1 Å². The van der Waals surface area contributed by atoms with Crippen molar-refractivity contribution in [3.8, 4) is 0 Å². The molecule has 0 fully saturated rings. The SMILES string of the molecule is Cc1cc(C)c(C)c(C)c1C.Cc1ccc(S(=O)(=O)N[C@@H](c2ccccc2)[C@@H](N)c2ccccc2)cc1.[Ru]. The number of hydrogen-bond acceptors (Lipinski definition) is 3. The van der Waals surface area contributed by atoms with Gasteiger partial charge in [-0.2, -0.15) is 0 Å². The summed E-state index contributed by atoms with van der Waals surface area (Å²) in [4.78, 5) is 0.226. The smallest absolute Gasteiger partial charge is 0.241 e. The average Bonchev–Trinajstić information content (AvgIpc) is 2.91. The number of aryl methyl sites for hydroxylation is 3. The van der Waals surface area contributed by atoms with Crippen molar-refractivity contribution < 1.29 is 27.9 Å². The summed E-state index contributed by atoms with van der Waals surface area (Å²) in [6.07, 6.45) is 0. The molecule has 2 atom stereocenters. The Morgan fingerprint density at radius 3 is 1.55 bits per heavy atom. The molecule has 0 aromatic heterocycles. The van der Waals surface area contributed by atoms with Crippen molar-refractivity contribution in [3.05, 3.63) is 136 Å². The molecule has 3 N–H and O–H groups in total. The molecule has 0 unspecified atom stereocenters. The van der Waals surface area contributed by atoms with Gasteiger partial charge in [-0.05, 0) is 92.6 Å². The monoisotopic (exact) mass is 616 g/mol. The van der Waals surface area contributed by atoms with E-state index in [0.29, 0.717) is 0 Å². The third kappa shape index (κ3) is 7.94. The van der Waals surface area contributed by atoms with Crippen molar-refractivity contribution in [2.24, 2.45) is 5.73 Å². The number of rotatable bonds is 6. The Hall–Kier alpha value is -2.63. The van der Waals surface area contributed by atoms with E-state index in [2.05, 4.69) is 45.4 Å². The predicted molar refractivity (Wildman–Crippen MR) is 154 cm³/mol. The van der Waals surface area contributed by atoms with Crippen molar-refractivity contribution in [1.29, 1.82) is 0 Å². The molecule has 0 aliphatic heterocycles. The predicted octanol–water partition coefficient (Wildman–Crippen LogP) is 6.94. The molecular weight excluding hydrogens is 578 g/mol. The second kappa shape index (κ2) is 14.0. The molecule has 6 heteroatoms. The fourth-order valence-corrected chi connectivity index (χ4v) is 5.49. The van der Waals surface area contributed by atoms with Gasteiger partial charge in [-0.3, -0.25) is 0 Å². The second-order valence-corrected chi connectivity index (χ2v) is 11.4. The molecule has 202 valence electrons. The van der Waals surface area contributed by atoms with Gasteiger partial charge in [-0.15, -0.1) is 0 Å². The number of sulfonamides is 1. The number of hydrogen-bond donors (Lipinski definition) is 2. The van der Waals surface area contributed by atoms with E-state index in [1.165, 1.54) is 27.8 Å². The first-order chi connectivity index (χ1) is 17.5. The summed E-state index contributed by atoms with van der Waals surface area (Å²) in [6.45, 7) is 12.9. The van der Waals surface area contributed by atoms with E-state index in [1.54, 1.807) is 24.3 Å². The van der Waals surface area contributed by atoms with Crippen molar-refractivity contribution in [1.82, 2.24) is 4.72 Å². The Balaban J connectivity index is 0.000000356. The van der Waals surface area contributed by atoms with Gasteiger partial charge in [0.15, 0.2) is 0 Å². The minimum atomic E-state index is -3.71. The topological polar surface area (TPSA) is 72.2 Å². The van der Waals surface area contributed by atoms with E-state index in [1.807, 2.05) is 67.6 Å². The molecule has 4 aromatic rings. The van der Waals surface area contributed by atoms with Crippen LogP contribution in [-0.4, -0.2) is 8.42 Å². The Bertz CT molecular complexity index is 1400. The summed E-state index contributed by atoms with van der Waals surface area (Å²) in [5.74, 6) is 0. The minimum Gasteiger partial charge on any atom is -0.322 e. The van der Waals surface area contributed by atoms with Crippen LogP contribution in [0.4, 0.5) is 0 Å². The van der Waals surface area contributed by atoms with Gasteiger partial charge in [-0.1, -0.05) is 84.4 Å². The quantitative estimate of drug-likeness (QED) is 0.231. The van der Waals surface area contributed by atoms with Crippen molar-refractivity contribution in [2.45, 2.75) is 58.5 Å². The Labute approximate surface area is 241 Å². The summed E-state index contributed by atoms with van der Waals surface area (Å²) >= 11 is 0. The molecule has 0 amide bonds. The standard InChI is InChI=1S/C21H22N2O2S.C11H16.Ru/c1-16-12-14-19(15-13-16)26(24,25)23-21(18-10-6-3-7-11-18)20(22)17-8-4-2-5-9-17;1-7-6-8(2)10(4)11(5)9(7)3;/h2-15,20-21,23H,22H2,1H3;6H,1-5H3;/t20-,21-;;/m0../s1. The van der Waals surface area contributed by atoms with E-state index in [9.17, 15) is 8.42 Å². The van der Waals surface area contributed by atoms with Crippen LogP contribution in [0.2, 0.25) is 0 Å². The Morgan fingerprint density at radius 2 is 1.08 bits per heavy atom. The van der Waals surface area contributed by atoms with Crippen LogP contribution in [-0.2, 0) is 29.5 Å². The summed E-state index contributed by atoms with van der Waals surface area (Å²) < 4.78 is 28.6. The van der Waals surface area contributed by atoms with Gasteiger partial charge in [0, 0.05) is 19.5 Å². The number of nitrogens with one attached hydrogen (secondary N) is 1. The molecule has 0 heterocycles. The zero-order valence-electron chi connectivity index (χ0n) is 23.0. The molecule has 0 spiro atoms. The first-order valence-electron chi connectivity index (χ1n) is 12.5. The average molecular weight is 616 g/mol. The maximum atomic E-state index is 12.9. The van der Waals surface area contributed by atoms with Gasteiger partial charge < -0.3 is 5.73 Å². The van der Waals surface area contributed by atoms with Gasteiger partial charge in [0.05, 0.1) is 17.0 Å². The van der Waals surface area contributed by atoms with Crippen LogP contribution < -0.4 is 10.5 Å². The molecule has 0 aliphatic carbocycles. The maximum absolute atomic E-state index is 12.9. The summed E-state index contributed by atoms with van der Waals surface area (Å²) in [5, 5.41) is 0. The first kappa shape index (κ1) is 31.6. The van der Waals surface area contributed by atoms with Gasteiger partial charge >= 0.3 is 0 Å². The fourth-order valence-electron chi connectivity index (χ4n) is 4.24. The molecule has 38 heavy (non-hydrogen) atoms. The zero-order valence-corrected chi connectivity index (χ0v) is 25.5. The third-order valence-corrected chi connectivity index (χ3v) is 8.51. The van der Waals surface area contributed by atoms with Crippen LogP contribution in [0.25, 0.3) is 0 Å². The third-order valence-electron chi connectivity index (χ3n) is 7.06. The number of nitrogens with two attached hydrogens (primary N) is 1. The van der Waals surface area contributed by atoms with E-state index >= 15 is 0 Å². The first-order valence-corrected chi connectivity index (χ1v) is 14.0. The zero-order chi connectivity index (χ0) is 27.2. The van der Waals surface area contributed by atoms with Crippen LogP contribution in [0.3, 0.4) is 0 Å². The fraction of sp³-hybridized carbons (Fsp3) is 0.250. The molecule has 0 bridgehead atoms. The largest absolute Gasteiger partial charge is 0.322 e. The van der Waals surface area contributed by atoms with E-state index in [0.717, 1.165) is 16.7 Å². The van der Waals surface area contributed by atoms with Gasteiger partial charge in [0.2, 0.25) is 10.0 Å². The molecule has 0 saturated carbocycles. The second-order valence-electron chi connectivity index (χ2n) is 9.64. The van der Waals surface area contributed by atoms with Gasteiger partial charge in [0.1, 0.15) is 0 Å². The van der Waals surface area contributed by atoms with Gasteiger partial charge in [0.25, 0.3) is 0 Å². The van der Waals surface area contributed by atoms with E-state index in [-0.39, 0.29) is 24.4 Å². The molecule has 4 nitrogen and oxygen atoms in total. The van der Waals surface area contributed by atoms with Crippen LogP contribution in [0, 0.1) is 41.5 Å². The Kier molecular flexibility index (Phi) is 11.6. The number of benzene rings is 4. The van der Waals surface area contributed by atoms with Crippen LogP contribution in [0.5, 0.6) is 0 Å². The molecular formula is C32H38N2O2RuS. The van der Waals surface area contributed by atoms with Crippen molar-refractivity contribution in [2.75, 3.05) is 0 Å². The summed E-state index contributed by atoms with van der Waals surface area (Å²) in [7, 11) is -3.71. The molecule has 0 radical (unpaired) electrons. The molecule has 4 aromatic carbocycles. The van der Waals surface area contributed by atoms with Crippen LogP contribution in [0.1, 0.15) is 56.6 Å². The van der Waals surface area contributed by atoms with Crippen molar-refractivity contribution >= 4 is 10.0 Å². The normalized spacial score (nSPS) is 12.5. The van der Waals surface area contributed by atoms with Crippen molar-refractivity contribution in [3.63, 3.8) is 0 Å². The van der Waals surface area contributed by atoms with Gasteiger partial charge in [-0.25, -0.2) is 13.1 Å². The minimum absolute atomic E-state index is 0. The summed E-state index contributed by atoms with van der Waals surface area (Å²) in [6, 6.07) is 26.8. The molecule has 0 aliphatic rings.